The van der Waals surface area contributed by atoms with E-state index in [1.807, 2.05) is 7.05 Å². The molecule has 0 radical (unpaired) electrons. The average molecular weight is 436 g/mol. The Kier molecular flexibility index (Phi) is 6.03. The zero-order valence-corrected chi connectivity index (χ0v) is 16.3. The van der Waals surface area contributed by atoms with Crippen LogP contribution in [0.15, 0.2) is 4.99 Å². The smallest absolute Gasteiger partial charge is 0.193 e. The summed E-state index contributed by atoms with van der Waals surface area (Å²) in [4.78, 5) is 9.40. The molecule has 4 aliphatic heterocycles. The van der Waals surface area contributed by atoms with Gasteiger partial charge in [0.25, 0.3) is 0 Å². The number of fused-ring (bicyclic) bond motifs is 5. The summed E-state index contributed by atoms with van der Waals surface area (Å²) in [6, 6.07) is 0. The Morgan fingerprint density at radius 3 is 2.39 bits per heavy atom. The van der Waals surface area contributed by atoms with Crippen LogP contribution in [0.1, 0.15) is 12.8 Å². The summed E-state index contributed by atoms with van der Waals surface area (Å²) < 4.78 is 11.4. The minimum Gasteiger partial charge on any atom is -0.379 e. The van der Waals surface area contributed by atoms with Crippen LogP contribution in [0, 0.1) is 11.8 Å². The Hall–Kier alpha value is -0.120. The summed E-state index contributed by atoms with van der Waals surface area (Å²) in [5.74, 6) is 2.54. The van der Waals surface area contributed by atoms with E-state index in [0.29, 0.717) is 12.2 Å². The number of hydrogen-bond donors (Lipinski definition) is 1. The first-order chi connectivity index (χ1) is 10.8. The highest BCUT2D eigenvalue weighted by Gasteiger charge is 2.53. The van der Waals surface area contributed by atoms with Gasteiger partial charge in [-0.2, -0.15) is 0 Å². The maximum absolute atomic E-state index is 6.06. The van der Waals surface area contributed by atoms with Crippen LogP contribution in [0.25, 0.3) is 0 Å². The zero-order valence-electron chi connectivity index (χ0n) is 13.9. The number of likely N-dealkylation sites (tertiary alicyclic amines) is 1. The lowest BCUT2D eigenvalue weighted by molar-refractivity contribution is 0.0388. The molecule has 0 amide bonds. The molecule has 2 bridgehead atoms. The molecule has 0 aromatic rings. The molecule has 0 spiro atoms. The van der Waals surface area contributed by atoms with E-state index in [1.54, 1.807) is 0 Å². The van der Waals surface area contributed by atoms with Crippen molar-refractivity contribution in [3.05, 3.63) is 0 Å². The second-order valence-corrected chi connectivity index (χ2v) is 6.95. The van der Waals surface area contributed by atoms with E-state index in [-0.39, 0.29) is 24.0 Å². The average Bonchev–Trinajstić information content (AvgIpc) is 3.25. The molecular formula is C16H29IN4O2. The number of nitrogens with zero attached hydrogens (tertiary/aromatic N) is 3. The molecule has 0 aromatic heterocycles. The van der Waals surface area contributed by atoms with Gasteiger partial charge >= 0.3 is 0 Å². The Morgan fingerprint density at radius 2 is 1.78 bits per heavy atom. The number of morpholine rings is 1. The molecule has 4 atom stereocenters. The van der Waals surface area contributed by atoms with Gasteiger partial charge in [0, 0.05) is 58.2 Å². The van der Waals surface area contributed by atoms with E-state index < -0.39 is 0 Å². The Morgan fingerprint density at radius 1 is 1.13 bits per heavy atom. The van der Waals surface area contributed by atoms with Gasteiger partial charge in [-0.05, 0) is 12.8 Å². The Bertz CT molecular complexity index is 412. The van der Waals surface area contributed by atoms with E-state index in [9.17, 15) is 0 Å². The standard InChI is InChI=1S/C16H28N4O2.HI/c1-17-16(18-4-5-19-6-8-21-9-7-19)20-10-12-13(11-20)15-3-2-14(12)22-15;/h12-15H,2-11H2,1H3,(H,17,18);1H. The fourth-order valence-electron chi connectivity index (χ4n) is 4.62. The van der Waals surface area contributed by atoms with Gasteiger partial charge in [0.15, 0.2) is 5.96 Å². The molecule has 4 unspecified atom stereocenters. The van der Waals surface area contributed by atoms with Crippen LogP contribution < -0.4 is 5.32 Å². The molecule has 0 aromatic carbocycles. The van der Waals surface area contributed by atoms with Gasteiger partial charge in [-0.3, -0.25) is 9.89 Å². The van der Waals surface area contributed by atoms with Crippen molar-refractivity contribution < 1.29 is 9.47 Å². The predicted octanol–water partition coefficient (Wildman–Crippen LogP) is 0.621. The summed E-state index contributed by atoms with van der Waals surface area (Å²) in [5, 5.41) is 3.55. The number of hydrogen-bond acceptors (Lipinski definition) is 4. The van der Waals surface area contributed by atoms with Crippen molar-refractivity contribution >= 4 is 29.9 Å². The van der Waals surface area contributed by atoms with Crippen LogP contribution in [0.2, 0.25) is 0 Å². The minimum atomic E-state index is 0. The molecule has 4 rings (SSSR count). The van der Waals surface area contributed by atoms with E-state index in [1.165, 1.54) is 12.8 Å². The van der Waals surface area contributed by atoms with Gasteiger partial charge in [0.05, 0.1) is 25.4 Å². The van der Waals surface area contributed by atoms with Crippen molar-refractivity contribution in [2.75, 3.05) is 59.5 Å². The second kappa shape index (κ2) is 7.84. The summed E-state index contributed by atoms with van der Waals surface area (Å²) in [7, 11) is 1.90. The number of halogens is 1. The lowest BCUT2D eigenvalue weighted by atomic mass is 9.82. The SMILES string of the molecule is CN=C(NCCN1CCOCC1)N1CC2C3CCC(O3)C2C1.I. The van der Waals surface area contributed by atoms with E-state index in [4.69, 9.17) is 9.47 Å². The third-order valence-electron chi connectivity index (χ3n) is 5.78. The van der Waals surface area contributed by atoms with Gasteiger partial charge < -0.3 is 19.7 Å². The Balaban J connectivity index is 0.00000156. The minimum absolute atomic E-state index is 0. The van der Waals surface area contributed by atoms with Gasteiger partial charge in [-0.1, -0.05) is 0 Å². The normalized spacial score (nSPS) is 36.9. The highest BCUT2D eigenvalue weighted by Crippen LogP contribution is 2.47. The highest BCUT2D eigenvalue weighted by atomic mass is 127. The molecule has 4 aliphatic rings. The number of aliphatic imine (C=N–C) groups is 1. The molecule has 6 nitrogen and oxygen atoms in total. The van der Waals surface area contributed by atoms with Crippen LogP contribution >= 0.6 is 24.0 Å². The largest absolute Gasteiger partial charge is 0.379 e. The van der Waals surface area contributed by atoms with Crippen LogP contribution in [-0.4, -0.2) is 87.5 Å². The van der Waals surface area contributed by atoms with Crippen LogP contribution in [0.3, 0.4) is 0 Å². The molecule has 4 heterocycles. The van der Waals surface area contributed by atoms with Crippen molar-refractivity contribution in [1.29, 1.82) is 0 Å². The van der Waals surface area contributed by atoms with Crippen molar-refractivity contribution in [1.82, 2.24) is 15.1 Å². The lowest BCUT2D eigenvalue weighted by Crippen LogP contribution is -2.46. The van der Waals surface area contributed by atoms with Gasteiger partial charge in [0.1, 0.15) is 0 Å². The molecule has 4 saturated heterocycles. The molecule has 1 N–H and O–H groups in total. The maximum Gasteiger partial charge on any atom is 0.193 e. The summed E-state index contributed by atoms with van der Waals surface area (Å²) in [6.45, 7) is 8.09. The maximum atomic E-state index is 6.06. The lowest BCUT2D eigenvalue weighted by Gasteiger charge is -2.28. The predicted molar refractivity (Wildman–Crippen MR) is 100 cm³/mol. The zero-order chi connectivity index (χ0) is 14.9. The van der Waals surface area contributed by atoms with E-state index in [0.717, 1.165) is 70.3 Å². The fraction of sp³-hybridized carbons (Fsp3) is 0.938. The van der Waals surface area contributed by atoms with Crippen molar-refractivity contribution in [3.63, 3.8) is 0 Å². The molecule has 4 fully saturated rings. The van der Waals surface area contributed by atoms with Crippen molar-refractivity contribution in [3.8, 4) is 0 Å². The molecule has 23 heavy (non-hydrogen) atoms. The molecule has 7 heteroatoms. The topological polar surface area (TPSA) is 49.3 Å². The summed E-state index contributed by atoms with van der Waals surface area (Å²) in [5.41, 5.74) is 0. The third kappa shape index (κ3) is 3.62. The van der Waals surface area contributed by atoms with Gasteiger partial charge in [0.2, 0.25) is 0 Å². The van der Waals surface area contributed by atoms with E-state index in [2.05, 4.69) is 20.1 Å². The number of guanidine groups is 1. The molecule has 132 valence electrons. The monoisotopic (exact) mass is 436 g/mol. The fourth-order valence-corrected chi connectivity index (χ4v) is 4.62. The van der Waals surface area contributed by atoms with Gasteiger partial charge in [-0.15, -0.1) is 24.0 Å². The second-order valence-electron chi connectivity index (χ2n) is 6.95. The Labute approximate surface area is 156 Å². The van der Waals surface area contributed by atoms with Crippen molar-refractivity contribution in [2.45, 2.75) is 25.0 Å². The number of nitrogens with one attached hydrogen (secondary N) is 1. The summed E-state index contributed by atoms with van der Waals surface area (Å²) >= 11 is 0. The number of rotatable bonds is 3. The molecule has 0 saturated carbocycles. The highest BCUT2D eigenvalue weighted by molar-refractivity contribution is 14.0. The third-order valence-corrected chi connectivity index (χ3v) is 5.78. The number of ether oxygens (including phenoxy) is 2. The first-order valence-electron chi connectivity index (χ1n) is 8.76. The van der Waals surface area contributed by atoms with Crippen molar-refractivity contribution in [2.24, 2.45) is 16.8 Å². The quantitative estimate of drug-likeness (QED) is 0.400. The van der Waals surface area contributed by atoms with Crippen LogP contribution in [0.4, 0.5) is 0 Å². The van der Waals surface area contributed by atoms with Crippen LogP contribution in [0.5, 0.6) is 0 Å². The molecule has 0 aliphatic carbocycles. The summed E-state index contributed by atoms with van der Waals surface area (Å²) in [6.07, 6.45) is 3.57. The first-order valence-corrected chi connectivity index (χ1v) is 8.76. The van der Waals surface area contributed by atoms with Crippen LogP contribution in [-0.2, 0) is 9.47 Å². The van der Waals surface area contributed by atoms with E-state index >= 15 is 0 Å². The first kappa shape index (κ1) is 17.7. The van der Waals surface area contributed by atoms with Gasteiger partial charge in [-0.25, -0.2) is 0 Å². The molecular weight excluding hydrogens is 407 g/mol.